The molecule has 0 aromatic carbocycles. The number of ether oxygens (including phenoxy) is 1. The molecule has 7 heavy (non-hydrogen) atoms. The second kappa shape index (κ2) is 5.84. The van der Waals surface area contributed by atoms with E-state index >= 15 is 0 Å². The van der Waals surface area contributed by atoms with E-state index in [4.69, 9.17) is 10.4 Å². The van der Waals surface area contributed by atoms with Gasteiger partial charge in [0.25, 0.3) is 0 Å². The van der Waals surface area contributed by atoms with Crippen molar-refractivity contribution in [2.45, 2.75) is 0 Å². The summed E-state index contributed by atoms with van der Waals surface area (Å²) in [7, 11) is 0. The summed E-state index contributed by atoms with van der Waals surface area (Å²) in [6.07, 6.45) is 0. The van der Waals surface area contributed by atoms with Crippen LogP contribution < -0.4 is 0 Å². The van der Waals surface area contributed by atoms with Gasteiger partial charge in [-0.25, -0.2) is 10.1 Å². The standard InChI is InChI=1S/C3H8O4/c4-1-2-6-3-7-5/h4-5H,1-3H2. The Morgan fingerprint density at radius 1 is 1.43 bits per heavy atom. The molecule has 2 N–H and O–H groups in total. The third kappa shape index (κ3) is 5.84. The van der Waals surface area contributed by atoms with Gasteiger partial charge in [0.15, 0.2) is 6.79 Å². The van der Waals surface area contributed by atoms with Crippen molar-refractivity contribution in [2.75, 3.05) is 20.0 Å². The van der Waals surface area contributed by atoms with Gasteiger partial charge in [-0.1, -0.05) is 0 Å². The van der Waals surface area contributed by atoms with E-state index in [1.165, 1.54) is 0 Å². The lowest BCUT2D eigenvalue weighted by Crippen LogP contribution is -2.01. The second-order valence-corrected chi connectivity index (χ2v) is 0.879. The van der Waals surface area contributed by atoms with Crippen LogP contribution in [0.1, 0.15) is 0 Å². The van der Waals surface area contributed by atoms with Crippen molar-refractivity contribution in [3.8, 4) is 0 Å². The van der Waals surface area contributed by atoms with Crippen LogP contribution in [0.4, 0.5) is 0 Å². The van der Waals surface area contributed by atoms with E-state index < -0.39 is 0 Å². The lowest BCUT2D eigenvalue weighted by atomic mass is 10.8. The van der Waals surface area contributed by atoms with Gasteiger partial charge in [-0.15, -0.1) is 0 Å². The largest absolute Gasteiger partial charge is 0.394 e. The van der Waals surface area contributed by atoms with Crippen LogP contribution >= 0.6 is 0 Å². The molecule has 0 rings (SSSR count). The molecule has 4 heteroatoms. The predicted octanol–water partition coefficient (Wildman–Crippen LogP) is -0.558. The highest BCUT2D eigenvalue weighted by molar-refractivity contribution is 4.15. The van der Waals surface area contributed by atoms with Crippen molar-refractivity contribution in [3.05, 3.63) is 0 Å². The molecule has 0 atom stereocenters. The Bertz CT molecular complexity index is 26.1. The van der Waals surface area contributed by atoms with Crippen molar-refractivity contribution >= 4 is 0 Å². The minimum absolute atomic E-state index is 0.0522. The Morgan fingerprint density at radius 3 is 2.57 bits per heavy atom. The van der Waals surface area contributed by atoms with Crippen LogP contribution in [0, 0.1) is 0 Å². The van der Waals surface area contributed by atoms with Crippen LogP contribution in [-0.2, 0) is 9.62 Å². The minimum Gasteiger partial charge on any atom is -0.394 e. The average Bonchev–Trinajstić information content (AvgIpc) is 1.69. The summed E-state index contributed by atoms with van der Waals surface area (Å²) in [5, 5.41) is 15.6. The molecule has 0 spiro atoms. The van der Waals surface area contributed by atoms with E-state index in [1.807, 2.05) is 0 Å². The summed E-state index contributed by atoms with van der Waals surface area (Å²) in [5.41, 5.74) is 0. The average molecular weight is 108 g/mol. The fourth-order valence-corrected chi connectivity index (χ4v) is 0.161. The summed E-state index contributed by atoms with van der Waals surface area (Å²) >= 11 is 0. The van der Waals surface area contributed by atoms with Crippen LogP contribution in [-0.4, -0.2) is 30.4 Å². The van der Waals surface area contributed by atoms with Crippen molar-refractivity contribution in [2.24, 2.45) is 0 Å². The number of rotatable bonds is 4. The maximum atomic E-state index is 8.03. The third-order valence-electron chi connectivity index (χ3n) is 0.372. The SMILES string of the molecule is OCCOCOO. The molecule has 0 aromatic heterocycles. The molecule has 0 fully saturated rings. The Labute approximate surface area is 41.2 Å². The molecule has 0 aliphatic heterocycles. The first-order valence-corrected chi connectivity index (χ1v) is 1.86. The topological polar surface area (TPSA) is 58.9 Å². The fourth-order valence-electron chi connectivity index (χ4n) is 0.161. The van der Waals surface area contributed by atoms with Crippen LogP contribution in [0.5, 0.6) is 0 Å². The molecular weight excluding hydrogens is 100 g/mol. The number of hydrogen-bond acceptors (Lipinski definition) is 4. The van der Waals surface area contributed by atoms with Crippen LogP contribution in [0.25, 0.3) is 0 Å². The molecule has 0 saturated heterocycles. The number of aliphatic hydroxyl groups is 1. The lowest BCUT2D eigenvalue weighted by molar-refractivity contribution is -0.296. The van der Waals surface area contributed by atoms with Gasteiger partial charge in [-0.05, 0) is 0 Å². The predicted molar refractivity (Wildman–Crippen MR) is 21.6 cm³/mol. The van der Waals surface area contributed by atoms with E-state index in [0.717, 1.165) is 0 Å². The van der Waals surface area contributed by atoms with Crippen molar-refractivity contribution in [3.63, 3.8) is 0 Å². The Morgan fingerprint density at radius 2 is 2.14 bits per heavy atom. The smallest absolute Gasteiger partial charge is 0.180 e. The molecule has 44 valence electrons. The summed E-state index contributed by atoms with van der Waals surface area (Å²) in [5.74, 6) is 0. The normalized spacial score (nSPS) is 9.43. The quantitative estimate of drug-likeness (QED) is 0.219. The van der Waals surface area contributed by atoms with Crippen LogP contribution in [0.3, 0.4) is 0 Å². The van der Waals surface area contributed by atoms with E-state index in [9.17, 15) is 0 Å². The van der Waals surface area contributed by atoms with Gasteiger partial charge >= 0.3 is 0 Å². The zero-order valence-electron chi connectivity index (χ0n) is 3.83. The fraction of sp³-hybridized carbons (Fsp3) is 1.00. The van der Waals surface area contributed by atoms with Crippen molar-refractivity contribution in [1.82, 2.24) is 0 Å². The highest BCUT2D eigenvalue weighted by atomic mass is 17.1. The number of aliphatic hydroxyl groups excluding tert-OH is 1. The first-order chi connectivity index (χ1) is 3.41. The summed E-state index contributed by atoms with van der Waals surface area (Å²) in [6, 6.07) is 0. The van der Waals surface area contributed by atoms with Gasteiger partial charge < -0.3 is 9.84 Å². The molecule has 4 nitrogen and oxygen atoms in total. The Kier molecular flexibility index (Phi) is 5.71. The molecule has 0 radical (unpaired) electrons. The molecule has 0 amide bonds. The minimum atomic E-state index is -0.180. The zero-order chi connectivity index (χ0) is 5.54. The number of hydrogen-bond donors (Lipinski definition) is 2. The van der Waals surface area contributed by atoms with Gasteiger partial charge in [0.05, 0.1) is 13.2 Å². The third-order valence-corrected chi connectivity index (χ3v) is 0.372. The maximum Gasteiger partial charge on any atom is 0.180 e. The molecule has 0 aliphatic rings. The van der Waals surface area contributed by atoms with E-state index in [-0.39, 0.29) is 20.0 Å². The van der Waals surface area contributed by atoms with Gasteiger partial charge in [-0.3, -0.25) is 0 Å². The second-order valence-electron chi connectivity index (χ2n) is 0.879. The van der Waals surface area contributed by atoms with E-state index in [0.29, 0.717) is 0 Å². The van der Waals surface area contributed by atoms with Gasteiger partial charge in [0.2, 0.25) is 0 Å². The zero-order valence-corrected chi connectivity index (χ0v) is 3.83. The van der Waals surface area contributed by atoms with Gasteiger partial charge in [0.1, 0.15) is 0 Å². The molecule has 0 saturated carbocycles. The van der Waals surface area contributed by atoms with Crippen LogP contribution in [0.15, 0.2) is 0 Å². The summed E-state index contributed by atoms with van der Waals surface area (Å²) in [4.78, 5) is 3.51. The molecule has 0 unspecified atom stereocenters. The first-order valence-electron chi connectivity index (χ1n) is 1.86. The lowest BCUT2D eigenvalue weighted by Gasteiger charge is -1.94. The first kappa shape index (κ1) is 6.84. The maximum absolute atomic E-state index is 8.03. The van der Waals surface area contributed by atoms with Crippen molar-refractivity contribution < 1.29 is 20.0 Å². The highest BCUT2D eigenvalue weighted by Gasteiger charge is 1.79. The monoisotopic (exact) mass is 108 g/mol. The van der Waals surface area contributed by atoms with Gasteiger partial charge in [-0.2, -0.15) is 0 Å². The molecule has 0 heterocycles. The molecule has 0 aromatic rings. The molecule has 0 bridgehead atoms. The van der Waals surface area contributed by atoms with E-state index in [1.54, 1.807) is 0 Å². The molecule has 0 aliphatic carbocycles. The van der Waals surface area contributed by atoms with Gasteiger partial charge in [0, 0.05) is 0 Å². The highest BCUT2D eigenvalue weighted by Crippen LogP contribution is 1.70. The van der Waals surface area contributed by atoms with E-state index in [2.05, 4.69) is 9.62 Å². The Hall–Kier alpha value is -0.160. The van der Waals surface area contributed by atoms with Crippen LogP contribution in [0.2, 0.25) is 0 Å². The Balaban J connectivity index is 2.45. The molecular formula is C3H8O4. The summed E-state index contributed by atoms with van der Waals surface area (Å²) in [6.45, 7) is -0.0372. The van der Waals surface area contributed by atoms with Crippen molar-refractivity contribution in [1.29, 1.82) is 0 Å². The summed E-state index contributed by atoms with van der Waals surface area (Å²) < 4.78 is 4.41.